The van der Waals surface area contributed by atoms with Crippen molar-refractivity contribution in [2.24, 2.45) is 0 Å². The third kappa shape index (κ3) is 2.48. The Balaban J connectivity index is 0.0000000800. The smallest absolute Gasteiger partial charge is 0.0162 e. The van der Waals surface area contributed by atoms with E-state index in [1.807, 2.05) is 23.5 Å². The fourth-order valence-corrected chi connectivity index (χ4v) is 0.577. The summed E-state index contributed by atoms with van der Waals surface area (Å²) in [7, 11) is 0. The monoisotopic (exact) mass is 144 g/mol. The SMILES string of the molecule is C1=CSC1.C1=CSC1. The van der Waals surface area contributed by atoms with Crippen molar-refractivity contribution in [3.8, 4) is 0 Å². The fourth-order valence-electron chi connectivity index (χ4n) is 0.192. The van der Waals surface area contributed by atoms with E-state index in [-0.39, 0.29) is 0 Å². The highest BCUT2D eigenvalue weighted by molar-refractivity contribution is 8.03. The van der Waals surface area contributed by atoms with Crippen LogP contribution in [-0.2, 0) is 0 Å². The van der Waals surface area contributed by atoms with Crippen LogP contribution in [0.2, 0.25) is 0 Å². The van der Waals surface area contributed by atoms with Gasteiger partial charge in [0.15, 0.2) is 0 Å². The Morgan fingerprint density at radius 1 is 0.875 bits per heavy atom. The van der Waals surface area contributed by atoms with Gasteiger partial charge in [-0.15, -0.1) is 23.5 Å². The number of thioether (sulfide) groups is 2. The van der Waals surface area contributed by atoms with E-state index in [1.54, 1.807) is 0 Å². The summed E-state index contributed by atoms with van der Waals surface area (Å²) in [5, 5.41) is 4.19. The van der Waals surface area contributed by atoms with E-state index in [9.17, 15) is 0 Å². The second-order valence-electron chi connectivity index (χ2n) is 1.41. The van der Waals surface area contributed by atoms with Crippen LogP contribution >= 0.6 is 23.5 Å². The quantitative estimate of drug-likeness (QED) is 0.512. The Morgan fingerprint density at radius 3 is 1.00 bits per heavy atom. The molecule has 0 unspecified atom stereocenters. The predicted molar refractivity (Wildman–Crippen MR) is 43.2 cm³/mol. The summed E-state index contributed by atoms with van der Waals surface area (Å²) in [5.74, 6) is 2.47. The van der Waals surface area contributed by atoms with Gasteiger partial charge in [-0.1, -0.05) is 12.2 Å². The summed E-state index contributed by atoms with van der Waals surface area (Å²) < 4.78 is 0. The maximum absolute atomic E-state index is 2.14. The van der Waals surface area contributed by atoms with Gasteiger partial charge in [-0.2, -0.15) is 0 Å². The third-order valence-corrected chi connectivity index (χ3v) is 2.31. The van der Waals surface area contributed by atoms with Crippen molar-refractivity contribution in [3.05, 3.63) is 23.0 Å². The number of hydrogen-bond donors (Lipinski definition) is 0. The third-order valence-electron chi connectivity index (χ3n) is 0.770. The van der Waals surface area contributed by atoms with Crippen LogP contribution in [0, 0.1) is 0 Å². The second-order valence-corrected chi connectivity index (χ2v) is 3.29. The average Bonchev–Trinajstić information content (AvgIpc) is 1.12. The van der Waals surface area contributed by atoms with Gasteiger partial charge in [-0.05, 0) is 10.8 Å². The van der Waals surface area contributed by atoms with Crippen molar-refractivity contribution in [3.63, 3.8) is 0 Å². The van der Waals surface area contributed by atoms with Gasteiger partial charge in [0.1, 0.15) is 0 Å². The van der Waals surface area contributed by atoms with Gasteiger partial charge >= 0.3 is 0 Å². The first kappa shape index (κ1) is 6.30. The molecule has 2 aliphatic heterocycles. The lowest BCUT2D eigenvalue weighted by atomic mass is 10.7. The van der Waals surface area contributed by atoms with E-state index in [0.29, 0.717) is 0 Å². The molecule has 0 aromatic rings. The summed E-state index contributed by atoms with van der Waals surface area (Å²) in [6.45, 7) is 0. The van der Waals surface area contributed by atoms with Gasteiger partial charge < -0.3 is 0 Å². The lowest BCUT2D eigenvalue weighted by Gasteiger charge is -1.92. The lowest BCUT2D eigenvalue weighted by molar-refractivity contribution is 1.76. The molecule has 0 aromatic heterocycles. The normalized spacial score (nSPS) is 20.0. The highest BCUT2D eigenvalue weighted by Gasteiger charge is 1.82. The maximum atomic E-state index is 2.14. The Bertz CT molecular complexity index is 79.1. The highest BCUT2D eigenvalue weighted by Crippen LogP contribution is 2.11. The van der Waals surface area contributed by atoms with Crippen LogP contribution in [0.1, 0.15) is 0 Å². The molecule has 0 N–H and O–H groups in total. The first-order valence-corrected chi connectivity index (χ1v) is 4.63. The van der Waals surface area contributed by atoms with Crippen molar-refractivity contribution < 1.29 is 0 Å². The largest absolute Gasteiger partial charge is 0.130 e. The summed E-state index contributed by atoms with van der Waals surface area (Å²) in [4.78, 5) is 0. The molecule has 0 amide bonds. The van der Waals surface area contributed by atoms with Crippen LogP contribution in [0.3, 0.4) is 0 Å². The van der Waals surface area contributed by atoms with Gasteiger partial charge in [0, 0.05) is 11.5 Å². The van der Waals surface area contributed by atoms with E-state index in [4.69, 9.17) is 0 Å². The van der Waals surface area contributed by atoms with E-state index in [0.717, 1.165) is 0 Å². The van der Waals surface area contributed by atoms with Crippen LogP contribution in [-0.4, -0.2) is 11.5 Å². The molecule has 8 heavy (non-hydrogen) atoms. The van der Waals surface area contributed by atoms with E-state index in [2.05, 4.69) is 23.0 Å². The minimum absolute atomic E-state index is 1.24. The molecule has 2 heterocycles. The first-order chi connectivity index (χ1) is 4.00. The van der Waals surface area contributed by atoms with Crippen molar-refractivity contribution in [2.45, 2.75) is 0 Å². The standard InChI is InChI=1S/2C3H4S/c2*1-2-4-3-1/h2*1-2H,3H2. The van der Waals surface area contributed by atoms with Crippen molar-refractivity contribution >= 4 is 23.5 Å². The molecule has 0 bridgehead atoms. The summed E-state index contributed by atoms with van der Waals surface area (Å²) in [5.41, 5.74) is 0. The minimum Gasteiger partial charge on any atom is -0.130 e. The van der Waals surface area contributed by atoms with Gasteiger partial charge in [-0.25, -0.2) is 0 Å². The van der Waals surface area contributed by atoms with E-state index < -0.39 is 0 Å². The molecule has 0 aromatic carbocycles. The highest BCUT2D eigenvalue weighted by atomic mass is 32.2. The molecule has 0 radical (unpaired) electrons. The Morgan fingerprint density at radius 2 is 1.00 bits per heavy atom. The molecule has 0 atom stereocenters. The van der Waals surface area contributed by atoms with Crippen molar-refractivity contribution in [2.75, 3.05) is 11.5 Å². The summed E-state index contributed by atoms with van der Waals surface area (Å²) >= 11 is 3.71. The second kappa shape index (κ2) is 4.10. The van der Waals surface area contributed by atoms with E-state index in [1.165, 1.54) is 11.5 Å². The number of rotatable bonds is 0. The first-order valence-electron chi connectivity index (χ1n) is 2.53. The molecule has 0 fully saturated rings. The predicted octanol–water partition coefficient (Wildman–Crippen LogP) is 2.49. The summed E-state index contributed by atoms with van der Waals surface area (Å²) in [6.07, 6.45) is 4.29. The Hall–Kier alpha value is 0.180. The zero-order valence-corrected chi connectivity index (χ0v) is 6.17. The molecule has 44 valence electrons. The van der Waals surface area contributed by atoms with Crippen molar-refractivity contribution in [1.82, 2.24) is 0 Å². The van der Waals surface area contributed by atoms with Crippen LogP contribution < -0.4 is 0 Å². The number of hydrogen-bond acceptors (Lipinski definition) is 2. The average molecular weight is 144 g/mol. The Kier molecular flexibility index (Phi) is 3.23. The zero-order chi connectivity index (χ0) is 5.66. The summed E-state index contributed by atoms with van der Waals surface area (Å²) in [6, 6.07) is 0. The van der Waals surface area contributed by atoms with Crippen LogP contribution in [0.15, 0.2) is 23.0 Å². The van der Waals surface area contributed by atoms with Gasteiger partial charge in [0.25, 0.3) is 0 Å². The van der Waals surface area contributed by atoms with E-state index >= 15 is 0 Å². The van der Waals surface area contributed by atoms with Gasteiger partial charge in [-0.3, -0.25) is 0 Å². The molecule has 0 saturated heterocycles. The van der Waals surface area contributed by atoms with Crippen LogP contribution in [0.4, 0.5) is 0 Å². The molecule has 0 spiro atoms. The lowest BCUT2D eigenvalue weighted by Crippen LogP contribution is -1.71. The molecule has 2 heteroatoms. The molecular formula is C6H8S2. The molecular weight excluding hydrogens is 136 g/mol. The minimum atomic E-state index is 1.24. The van der Waals surface area contributed by atoms with Gasteiger partial charge in [0.05, 0.1) is 0 Å². The molecule has 2 rings (SSSR count). The van der Waals surface area contributed by atoms with Crippen molar-refractivity contribution in [1.29, 1.82) is 0 Å². The Labute approximate surface area is 58.4 Å². The molecule has 0 aliphatic carbocycles. The van der Waals surface area contributed by atoms with Crippen LogP contribution in [0.5, 0.6) is 0 Å². The van der Waals surface area contributed by atoms with Gasteiger partial charge in [0.2, 0.25) is 0 Å². The maximum Gasteiger partial charge on any atom is 0.0162 e. The topological polar surface area (TPSA) is 0 Å². The molecule has 2 aliphatic rings. The zero-order valence-electron chi connectivity index (χ0n) is 4.54. The molecule has 0 nitrogen and oxygen atoms in total. The van der Waals surface area contributed by atoms with Crippen LogP contribution in [0.25, 0.3) is 0 Å². The fraction of sp³-hybridized carbons (Fsp3) is 0.333. The molecule has 0 saturated carbocycles.